The number of rotatable bonds is 4. The molecule has 0 radical (unpaired) electrons. The first-order chi connectivity index (χ1) is 12.6. The normalized spacial score (nSPS) is 20.6. The van der Waals surface area contributed by atoms with Gasteiger partial charge in [0.15, 0.2) is 0 Å². The average Bonchev–Trinajstić information content (AvgIpc) is 3.30. The van der Waals surface area contributed by atoms with Crippen molar-refractivity contribution >= 4 is 16.9 Å². The largest absolute Gasteiger partial charge is 0.348 e. The molecule has 3 aromatic rings. The molecular formula is C18H19F2N5O. The minimum atomic E-state index is -2.74. The van der Waals surface area contributed by atoms with Gasteiger partial charge in [0, 0.05) is 36.1 Å². The molecule has 1 amide bonds. The summed E-state index contributed by atoms with van der Waals surface area (Å²) in [5, 5.41) is 7.64. The molecule has 0 atom stereocenters. The zero-order valence-corrected chi connectivity index (χ0v) is 14.1. The van der Waals surface area contributed by atoms with Crippen LogP contribution in [0.4, 0.5) is 8.78 Å². The molecule has 4 rings (SSSR count). The third-order valence-corrected chi connectivity index (χ3v) is 4.94. The highest BCUT2D eigenvalue weighted by atomic mass is 19.3. The van der Waals surface area contributed by atoms with Crippen molar-refractivity contribution in [3.8, 4) is 0 Å². The van der Waals surface area contributed by atoms with Crippen molar-refractivity contribution in [2.24, 2.45) is 0 Å². The van der Waals surface area contributed by atoms with Crippen LogP contribution in [0.3, 0.4) is 0 Å². The van der Waals surface area contributed by atoms with Crippen LogP contribution in [0.1, 0.15) is 48.8 Å². The molecule has 0 saturated heterocycles. The summed E-state index contributed by atoms with van der Waals surface area (Å²) in [5.41, 5.74) is 1.01. The summed E-state index contributed by atoms with van der Waals surface area (Å²) in [6.45, 7) is -2.74. The number of carbonyl (C=O) groups is 1. The SMILES string of the molecule is O=C(NC1CCC(n2ccc3cccnc32)CC1)c1ccn(C(F)F)n1. The lowest BCUT2D eigenvalue weighted by atomic mass is 9.91. The standard InChI is InChI=1S/C18H19F2N5O/c19-18(20)25-11-8-15(23-25)17(26)22-13-3-5-14(6-4-13)24-10-7-12-2-1-9-21-16(12)24/h1-2,7-11,13-14,18H,3-6H2,(H,22,26). The predicted octanol–water partition coefficient (Wildman–Crippen LogP) is 3.54. The van der Waals surface area contributed by atoms with Crippen molar-refractivity contribution in [3.05, 3.63) is 48.5 Å². The quantitative estimate of drug-likeness (QED) is 0.775. The lowest BCUT2D eigenvalue weighted by Crippen LogP contribution is -2.38. The Morgan fingerprint density at radius 1 is 1.15 bits per heavy atom. The van der Waals surface area contributed by atoms with Gasteiger partial charge in [0.2, 0.25) is 0 Å². The summed E-state index contributed by atoms with van der Waals surface area (Å²) in [6.07, 6.45) is 8.49. The van der Waals surface area contributed by atoms with E-state index in [0.717, 1.165) is 42.9 Å². The minimum absolute atomic E-state index is 0.0213. The van der Waals surface area contributed by atoms with Crippen LogP contribution < -0.4 is 5.32 Å². The van der Waals surface area contributed by atoms with E-state index in [0.29, 0.717) is 10.7 Å². The van der Waals surface area contributed by atoms with Gasteiger partial charge in [-0.2, -0.15) is 13.9 Å². The highest BCUT2D eigenvalue weighted by Gasteiger charge is 2.25. The molecule has 8 heteroatoms. The van der Waals surface area contributed by atoms with E-state index >= 15 is 0 Å². The lowest BCUT2D eigenvalue weighted by molar-refractivity contribution is 0.0559. The van der Waals surface area contributed by atoms with Crippen LogP contribution in [0, 0.1) is 0 Å². The number of hydrogen-bond acceptors (Lipinski definition) is 3. The van der Waals surface area contributed by atoms with Gasteiger partial charge in [0.05, 0.1) is 0 Å². The Hall–Kier alpha value is -2.77. The topological polar surface area (TPSA) is 64.7 Å². The van der Waals surface area contributed by atoms with Crippen LogP contribution in [-0.2, 0) is 0 Å². The Labute approximate surface area is 148 Å². The minimum Gasteiger partial charge on any atom is -0.348 e. The Bertz CT molecular complexity index is 911. The van der Waals surface area contributed by atoms with E-state index in [1.807, 2.05) is 12.1 Å². The second-order valence-corrected chi connectivity index (χ2v) is 6.58. The van der Waals surface area contributed by atoms with E-state index in [2.05, 4.69) is 32.2 Å². The van der Waals surface area contributed by atoms with Crippen LogP contribution in [0.2, 0.25) is 0 Å². The molecule has 3 aromatic heterocycles. The Morgan fingerprint density at radius 2 is 1.96 bits per heavy atom. The smallest absolute Gasteiger partial charge is 0.333 e. The van der Waals surface area contributed by atoms with Crippen LogP contribution in [0.15, 0.2) is 42.9 Å². The lowest BCUT2D eigenvalue weighted by Gasteiger charge is -2.30. The number of aromatic nitrogens is 4. The maximum absolute atomic E-state index is 12.6. The number of nitrogens with zero attached hydrogens (tertiary/aromatic N) is 4. The summed E-state index contributed by atoms with van der Waals surface area (Å²) in [6, 6.07) is 7.73. The van der Waals surface area contributed by atoms with Crippen molar-refractivity contribution in [1.29, 1.82) is 0 Å². The first kappa shape index (κ1) is 16.7. The molecule has 6 nitrogen and oxygen atoms in total. The van der Waals surface area contributed by atoms with E-state index in [4.69, 9.17) is 0 Å². The number of pyridine rings is 1. The fourth-order valence-corrected chi connectivity index (χ4v) is 3.61. The molecule has 0 aliphatic heterocycles. The zero-order chi connectivity index (χ0) is 18.1. The van der Waals surface area contributed by atoms with Crippen LogP contribution >= 0.6 is 0 Å². The molecule has 0 bridgehead atoms. The summed E-state index contributed by atoms with van der Waals surface area (Å²) >= 11 is 0. The van der Waals surface area contributed by atoms with E-state index in [9.17, 15) is 13.6 Å². The van der Waals surface area contributed by atoms with Crippen molar-refractivity contribution in [3.63, 3.8) is 0 Å². The van der Waals surface area contributed by atoms with Gasteiger partial charge in [-0.25, -0.2) is 9.67 Å². The van der Waals surface area contributed by atoms with Gasteiger partial charge in [-0.1, -0.05) is 0 Å². The van der Waals surface area contributed by atoms with Gasteiger partial charge in [-0.3, -0.25) is 4.79 Å². The van der Waals surface area contributed by atoms with Gasteiger partial charge in [-0.15, -0.1) is 0 Å². The first-order valence-corrected chi connectivity index (χ1v) is 8.67. The Kier molecular flexibility index (Phi) is 4.40. The molecule has 26 heavy (non-hydrogen) atoms. The molecule has 1 aliphatic rings. The molecule has 136 valence electrons. The fourth-order valence-electron chi connectivity index (χ4n) is 3.61. The van der Waals surface area contributed by atoms with Crippen LogP contribution in [0.5, 0.6) is 0 Å². The molecule has 0 unspecified atom stereocenters. The number of fused-ring (bicyclic) bond motifs is 1. The van der Waals surface area contributed by atoms with Crippen molar-refractivity contribution < 1.29 is 13.6 Å². The molecule has 1 N–H and O–H groups in total. The number of carbonyl (C=O) groups excluding carboxylic acids is 1. The molecular weight excluding hydrogens is 340 g/mol. The van der Waals surface area contributed by atoms with Gasteiger partial charge in [-0.05, 0) is 49.9 Å². The van der Waals surface area contributed by atoms with E-state index in [1.54, 1.807) is 6.20 Å². The zero-order valence-electron chi connectivity index (χ0n) is 14.1. The fraction of sp³-hybridized carbons (Fsp3) is 0.389. The molecule has 1 aliphatic carbocycles. The van der Waals surface area contributed by atoms with E-state index in [1.165, 1.54) is 6.07 Å². The van der Waals surface area contributed by atoms with Gasteiger partial charge < -0.3 is 9.88 Å². The van der Waals surface area contributed by atoms with Gasteiger partial charge in [0.1, 0.15) is 11.3 Å². The van der Waals surface area contributed by atoms with Crippen molar-refractivity contribution in [1.82, 2.24) is 24.6 Å². The summed E-state index contributed by atoms with van der Waals surface area (Å²) in [7, 11) is 0. The van der Waals surface area contributed by atoms with Crippen LogP contribution in [-0.4, -0.2) is 31.3 Å². The summed E-state index contributed by atoms with van der Waals surface area (Å²) in [5.74, 6) is -0.402. The maximum atomic E-state index is 12.6. The number of amides is 1. The third kappa shape index (κ3) is 3.18. The number of halogens is 2. The highest BCUT2D eigenvalue weighted by Crippen LogP contribution is 2.31. The molecule has 1 fully saturated rings. The van der Waals surface area contributed by atoms with Gasteiger partial charge >= 0.3 is 6.55 Å². The van der Waals surface area contributed by atoms with E-state index in [-0.39, 0.29) is 11.7 Å². The van der Waals surface area contributed by atoms with Crippen LogP contribution in [0.25, 0.3) is 11.0 Å². The number of nitrogens with one attached hydrogen (secondary N) is 1. The van der Waals surface area contributed by atoms with Crippen molar-refractivity contribution in [2.75, 3.05) is 0 Å². The second kappa shape index (κ2) is 6.86. The third-order valence-electron chi connectivity index (χ3n) is 4.94. The molecule has 1 saturated carbocycles. The molecule has 0 spiro atoms. The number of hydrogen-bond donors (Lipinski definition) is 1. The maximum Gasteiger partial charge on any atom is 0.333 e. The average molecular weight is 359 g/mol. The predicted molar refractivity (Wildman–Crippen MR) is 92.0 cm³/mol. The monoisotopic (exact) mass is 359 g/mol. The summed E-state index contributed by atoms with van der Waals surface area (Å²) < 4.78 is 27.8. The second-order valence-electron chi connectivity index (χ2n) is 6.58. The first-order valence-electron chi connectivity index (χ1n) is 8.67. The van der Waals surface area contributed by atoms with E-state index < -0.39 is 12.5 Å². The molecule has 0 aromatic carbocycles. The Balaban J connectivity index is 1.36. The van der Waals surface area contributed by atoms with Gasteiger partial charge in [0.25, 0.3) is 5.91 Å². The summed E-state index contributed by atoms with van der Waals surface area (Å²) in [4.78, 5) is 16.6. The highest BCUT2D eigenvalue weighted by molar-refractivity contribution is 5.92. The molecule has 3 heterocycles. The van der Waals surface area contributed by atoms with Crippen molar-refractivity contribution in [2.45, 2.75) is 44.3 Å². The Morgan fingerprint density at radius 3 is 2.69 bits per heavy atom. The number of alkyl halides is 2.